The summed E-state index contributed by atoms with van der Waals surface area (Å²) in [5.41, 5.74) is 3.25. The van der Waals surface area contributed by atoms with Crippen LogP contribution in [0.4, 0.5) is 23.1 Å². The monoisotopic (exact) mass is 476 g/mol. The molecule has 3 aliphatic rings. The Kier molecular flexibility index (Phi) is 6.62. The van der Waals surface area contributed by atoms with Crippen LogP contribution < -0.4 is 20.4 Å². The van der Waals surface area contributed by atoms with E-state index in [1.54, 1.807) is 11.1 Å². The zero-order chi connectivity index (χ0) is 24.5. The topological polar surface area (TPSA) is 90.5 Å². The highest BCUT2D eigenvalue weighted by atomic mass is 16.2. The molecule has 2 saturated carbocycles. The van der Waals surface area contributed by atoms with E-state index in [-0.39, 0.29) is 17.9 Å². The van der Waals surface area contributed by atoms with Gasteiger partial charge in [0, 0.05) is 30.4 Å². The molecule has 1 aromatic carbocycles. The maximum atomic E-state index is 13.1. The predicted molar refractivity (Wildman–Crippen MR) is 138 cm³/mol. The third-order valence-electron chi connectivity index (χ3n) is 7.84. The second kappa shape index (κ2) is 9.84. The van der Waals surface area contributed by atoms with E-state index in [0.29, 0.717) is 23.6 Å². The predicted octanol–water partition coefficient (Wildman–Crippen LogP) is 4.71. The van der Waals surface area contributed by atoms with Gasteiger partial charge in [-0.2, -0.15) is 4.98 Å². The fraction of sp³-hybridized carbons (Fsp3) is 0.556. The van der Waals surface area contributed by atoms with Crippen LogP contribution in [0.15, 0.2) is 24.4 Å². The molecule has 0 saturated heterocycles. The number of anilines is 4. The van der Waals surface area contributed by atoms with Gasteiger partial charge in [0.25, 0.3) is 5.91 Å². The quantitative estimate of drug-likeness (QED) is 0.628. The molecule has 1 aliphatic heterocycles. The lowest BCUT2D eigenvalue weighted by Crippen LogP contribution is -2.55. The van der Waals surface area contributed by atoms with E-state index < -0.39 is 0 Å². The Morgan fingerprint density at radius 2 is 1.83 bits per heavy atom. The molecule has 0 radical (unpaired) electrons. The molecule has 8 nitrogen and oxygen atoms in total. The first kappa shape index (κ1) is 23.6. The smallest absolute Gasteiger partial charge is 0.251 e. The van der Waals surface area contributed by atoms with E-state index in [9.17, 15) is 9.59 Å². The van der Waals surface area contributed by atoms with Crippen molar-refractivity contribution in [2.24, 2.45) is 0 Å². The molecule has 2 fully saturated rings. The van der Waals surface area contributed by atoms with Crippen LogP contribution in [0.3, 0.4) is 0 Å². The highest BCUT2D eigenvalue weighted by Crippen LogP contribution is 2.40. The van der Waals surface area contributed by atoms with E-state index >= 15 is 0 Å². The van der Waals surface area contributed by atoms with Crippen LogP contribution >= 0.6 is 0 Å². The summed E-state index contributed by atoms with van der Waals surface area (Å²) in [6.07, 6.45) is 11.6. The second-order valence-corrected chi connectivity index (χ2v) is 10.2. The summed E-state index contributed by atoms with van der Waals surface area (Å²) in [6, 6.07) is 6.11. The van der Waals surface area contributed by atoms with E-state index in [4.69, 9.17) is 4.98 Å². The third kappa shape index (κ3) is 4.58. The number of likely N-dealkylation sites (N-methyl/N-ethyl adjacent to an activating group) is 1. The van der Waals surface area contributed by atoms with Gasteiger partial charge in [0.2, 0.25) is 11.9 Å². The number of amides is 2. The Morgan fingerprint density at radius 1 is 1.11 bits per heavy atom. The van der Waals surface area contributed by atoms with Gasteiger partial charge < -0.3 is 20.4 Å². The van der Waals surface area contributed by atoms with Crippen molar-refractivity contribution in [1.82, 2.24) is 15.3 Å². The number of carbonyl (C=O) groups excluding carboxylic acids is 2. The molecule has 0 spiro atoms. The van der Waals surface area contributed by atoms with Gasteiger partial charge in [-0.05, 0) is 62.8 Å². The van der Waals surface area contributed by atoms with Crippen molar-refractivity contribution >= 4 is 35.0 Å². The number of carbonyl (C=O) groups is 2. The number of rotatable bonds is 6. The Balaban J connectivity index is 1.39. The van der Waals surface area contributed by atoms with E-state index in [0.717, 1.165) is 54.9 Å². The lowest BCUT2D eigenvalue weighted by Gasteiger charge is -2.43. The lowest BCUT2D eigenvalue weighted by molar-refractivity contribution is -0.120. The molecule has 186 valence electrons. The fourth-order valence-electron chi connectivity index (χ4n) is 5.85. The lowest BCUT2D eigenvalue weighted by atomic mass is 10.0. The highest BCUT2D eigenvalue weighted by Gasteiger charge is 2.41. The minimum Gasteiger partial charge on any atom is -0.349 e. The van der Waals surface area contributed by atoms with Crippen LogP contribution in [0.2, 0.25) is 0 Å². The first-order valence-corrected chi connectivity index (χ1v) is 13.1. The molecule has 2 aliphatic carbocycles. The van der Waals surface area contributed by atoms with Crippen LogP contribution in [-0.4, -0.2) is 47.0 Å². The van der Waals surface area contributed by atoms with Crippen molar-refractivity contribution in [2.45, 2.75) is 89.8 Å². The zero-order valence-corrected chi connectivity index (χ0v) is 21.0. The minimum absolute atomic E-state index is 0.0119. The number of nitrogens with zero attached hydrogens (tertiary/aromatic N) is 4. The first-order chi connectivity index (χ1) is 17.0. The molecule has 5 rings (SSSR count). The number of nitrogens with one attached hydrogen (secondary N) is 2. The van der Waals surface area contributed by atoms with Crippen LogP contribution in [0.25, 0.3) is 0 Å². The molecule has 0 unspecified atom stereocenters. The molecule has 2 aromatic rings. The van der Waals surface area contributed by atoms with E-state index in [1.165, 1.54) is 25.7 Å². The molecule has 35 heavy (non-hydrogen) atoms. The molecule has 8 heteroatoms. The van der Waals surface area contributed by atoms with Crippen LogP contribution in [0, 0.1) is 6.92 Å². The number of fused-ring (bicyclic) bond motifs is 1. The van der Waals surface area contributed by atoms with Gasteiger partial charge in [0.15, 0.2) is 5.82 Å². The maximum Gasteiger partial charge on any atom is 0.251 e. The minimum atomic E-state index is -0.197. The molecular weight excluding hydrogens is 440 g/mol. The van der Waals surface area contributed by atoms with Gasteiger partial charge in [0.05, 0.1) is 6.20 Å². The van der Waals surface area contributed by atoms with Crippen LogP contribution in [0.5, 0.6) is 0 Å². The normalized spacial score (nSPS) is 20.9. The second-order valence-electron chi connectivity index (χ2n) is 10.2. The molecule has 2 N–H and O–H groups in total. The first-order valence-electron chi connectivity index (χ1n) is 13.1. The maximum absolute atomic E-state index is 13.1. The third-order valence-corrected chi connectivity index (χ3v) is 7.84. The highest BCUT2D eigenvalue weighted by molar-refractivity contribution is 6.04. The van der Waals surface area contributed by atoms with Gasteiger partial charge in [-0.25, -0.2) is 4.98 Å². The summed E-state index contributed by atoms with van der Waals surface area (Å²) in [6.45, 7) is 4.05. The van der Waals surface area contributed by atoms with Gasteiger partial charge in [0.1, 0.15) is 11.7 Å². The molecule has 1 atom stereocenters. The van der Waals surface area contributed by atoms with Crippen LogP contribution in [0.1, 0.15) is 80.6 Å². The summed E-state index contributed by atoms with van der Waals surface area (Å²) in [5, 5.41) is 6.50. The van der Waals surface area contributed by atoms with Crippen molar-refractivity contribution in [3.05, 3.63) is 35.5 Å². The molecule has 2 amide bonds. The average Bonchev–Trinajstić information content (AvgIpc) is 3.57. The van der Waals surface area contributed by atoms with E-state index in [2.05, 4.69) is 27.4 Å². The summed E-state index contributed by atoms with van der Waals surface area (Å²) in [4.78, 5) is 39.1. The molecule has 2 heterocycles. The van der Waals surface area contributed by atoms with E-state index in [1.807, 2.05) is 32.2 Å². The number of aromatic nitrogens is 2. The van der Waals surface area contributed by atoms with Gasteiger partial charge in [-0.1, -0.05) is 32.6 Å². The standard InChI is InChI=1S/C27H36N6O2/c1-4-22-26(35)32(3)23-16-28-27(31-24(23)33(22)20-11-7-8-12-20)30-21-14-13-18(15-17(21)2)25(34)29-19-9-5-6-10-19/h13-16,19-20,22H,4-12H2,1-3H3,(H,29,34)(H,28,30,31)/t22-/m1/s1. The Morgan fingerprint density at radius 3 is 2.51 bits per heavy atom. The Hall–Kier alpha value is -3.16. The van der Waals surface area contributed by atoms with Crippen molar-refractivity contribution in [1.29, 1.82) is 0 Å². The number of aryl methyl sites for hydroxylation is 1. The Bertz CT molecular complexity index is 1110. The molecule has 0 bridgehead atoms. The van der Waals surface area contributed by atoms with Gasteiger partial charge >= 0.3 is 0 Å². The SMILES string of the molecule is CC[C@@H]1C(=O)N(C)c2cnc(Nc3ccc(C(=O)NC4CCCC4)cc3C)nc2N1C1CCCC1. The number of hydrogen-bond donors (Lipinski definition) is 2. The van der Waals surface area contributed by atoms with Crippen molar-refractivity contribution in [3.8, 4) is 0 Å². The van der Waals surface area contributed by atoms with Crippen LogP contribution in [-0.2, 0) is 4.79 Å². The summed E-state index contributed by atoms with van der Waals surface area (Å²) < 4.78 is 0. The summed E-state index contributed by atoms with van der Waals surface area (Å²) in [5.74, 6) is 1.42. The largest absolute Gasteiger partial charge is 0.349 e. The fourth-order valence-corrected chi connectivity index (χ4v) is 5.85. The molecular formula is C27H36N6O2. The van der Waals surface area contributed by atoms with Gasteiger partial charge in [-0.15, -0.1) is 0 Å². The Labute approximate surface area is 207 Å². The van der Waals surface area contributed by atoms with Crippen molar-refractivity contribution in [3.63, 3.8) is 0 Å². The zero-order valence-electron chi connectivity index (χ0n) is 21.0. The van der Waals surface area contributed by atoms with Gasteiger partial charge in [-0.3, -0.25) is 9.59 Å². The number of hydrogen-bond acceptors (Lipinski definition) is 6. The number of benzene rings is 1. The van der Waals surface area contributed by atoms with Crippen molar-refractivity contribution in [2.75, 3.05) is 22.2 Å². The summed E-state index contributed by atoms with van der Waals surface area (Å²) in [7, 11) is 1.81. The molecule has 1 aromatic heterocycles. The van der Waals surface area contributed by atoms with Crippen molar-refractivity contribution < 1.29 is 9.59 Å². The average molecular weight is 477 g/mol. The summed E-state index contributed by atoms with van der Waals surface area (Å²) >= 11 is 0.